The molecule has 0 unspecified atom stereocenters. The van der Waals surface area contributed by atoms with Crippen LogP contribution in [0.3, 0.4) is 0 Å². The number of fused-ring (bicyclic) bond motifs is 2. The maximum atomic E-state index is 12.4. The van der Waals surface area contributed by atoms with E-state index in [1.165, 1.54) is 63.7 Å². The van der Waals surface area contributed by atoms with E-state index in [2.05, 4.69) is 55.2 Å². The standard InChI is InChI=1S/C25H32N4O5S.C23H24N4O6S.Ni/c1-4-12-29(13-5-2)21-16-24(35(30,31)32)20(15-23(21)33-3)27-28-25-26-19-11-10-18(14-22(19)34-25)17-8-6-7-9-17;1-23(2)8-10-27-9-4-5-14-19(27)15(23)12-17(20(14)34(29,30)31)25-26-22-24-16-7-6-13(21(28)32-3)11-18(16)33-22;/h10-11,14-17H,4-9,12-13H2,1-3H3,(H,30,31,32);6-7,11-12H,4-5,8-10H2,1-3H3,(H,29,30,31);. The summed E-state index contributed by atoms with van der Waals surface area (Å²) >= 11 is 0. The molecule has 2 aromatic heterocycles. The molecule has 70 heavy (non-hydrogen) atoms. The van der Waals surface area contributed by atoms with Crippen molar-refractivity contribution in [3.8, 4) is 5.75 Å². The van der Waals surface area contributed by atoms with E-state index in [1.807, 2.05) is 30.9 Å². The average molecular weight is 1040 g/mol. The SMILES string of the molecule is CCCN(CCC)c1cc(S(=O)(=O)O)c(N=Nc2nc3ccc(C4CCCC4)cc3o2)cc1OC.COC(=O)c1ccc2nc(N=Nc3cc4c5c(c3S(=O)(=O)O)CCCN5CCC4(C)C)oc2c1.[Ni]. The van der Waals surface area contributed by atoms with E-state index < -0.39 is 26.2 Å². The number of anilines is 2. The van der Waals surface area contributed by atoms with E-state index >= 15 is 0 Å². The Morgan fingerprint density at radius 1 is 0.814 bits per heavy atom. The number of ether oxygens (including phenoxy) is 2. The molecule has 376 valence electrons. The first-order valence-electron chi connectivity index (χ1n) is 23.0. The van der Waals surface area contributed by atoms with Crippen LogP contribution in [0.25, 0.3) is 22.2 Å². The van der Waals surface area contributed by atoms with Gasteiger partial charge in [-0.05, 0) is 115 Å². The predicted molar refractivity (Wildman–Crippen MR) is 259 cm³/mol. The number of hydrogen-bond acceptors (Lipinski definition) is 17. The molecule has 1 fully saturated rings. The Morgan fingerprint density at radius 3 is 2.04 bits per heavy atom. The van der Waals surface area contributed by atoms with Crippen LogP contribution in [0.15, 0.2) is 93.7 Å². The maximum Gasteiger partial charge on any atom is 0.341 e. The van der Waals surface area contributed by atoms with Gasteiger partial charge >= 0.3 is 18.0 Å². The maximum absolute atomic E-state index is 12.4. The number of azo groups is 2. The molecule has 0 radical (unpaired) electrons. The number of carbonyl (C=O) groups excluding carboxylic acids is 1. The molecule has 4 aromatic carbocycles. The van der Waals surface area contributed by atoms with Crippen LogP contribution in [-0.2, 0) is 53.3 Å². The molecule has 3 aliphatic rings. The van der Waals surface area contributed by atoms with Crippen molar-refractivity contribution < 1.29 is 65.5 Å². The van der Waals surface area contributed by atoms with E-state index in [0.717, 1.165) is 50.0 Å². The summed E-state index contributed by atoms with van der Waals surface area (Å²) in [5.41, 5.74) is 6.36. The second kappa shape index (κ2) is 21.3. The third-order valence-electron chi connectivity index (χ3n) is 12.9. The zero-order valence-electron chi connectivity index (χ0n) is 39.7. The molecule has 1 saturated carbocycles. The summed E-state index contributed by atoms with van der Waals surface area (Å²) in [6.07, 6.45) is 8.78. The van der Waals surface area contributed by atoms with Crippen LogP contribution >= 0.6 is 0 Å². The molecule has 2 N–H and O–H groups in total. The minimum Gasteiger partial charge on any atom is -0.495 e. The molecule has 0 spiro atoms. The van der Waals surface area contributed by atoms with E-state index in [0.29, 0.717) is 70.2 Å². The molecule has 19 nitrogen and oxygen atoms in total. The molecule has 0 bridgehead atoms. The molecule has 4 heterocycles. The number of oxazole rings is 2. The van der Waals surface area contributed by atoms with Gasteiger partial charge in [0, 0.05) is 54.4 Å². The monoisotopic (exact) mass is 1040 g/mol. The van der Waals surface area contributed by atoms with Crippen molar-refractivity contribution >= 4 is 83.2 Å². The minimum atomic E-state index is -4.58. The molecule has 0 amide bonds. The molecular weight excluding hydrogens is 987 g/mol. The molecule has 2 aliphatic heterocycles. The number of rotatable bonds is 14. The fraction of sp³-hybridized carbons (Fsp3) is 0.438. The fourth-order valence-corrected chi connectivity index (χ4v) is 11.0. The van der Waals surface area contributed by atoms with Gasteiger partial charge in [-0.3, -0.25) is 9.11 Å². The van der Waals surface area contributed by atoms with E-state index in [9.17, 15) is 30.7 Å². The summed E-state index contributed by atoms with van der Waals surface area (Å²) in [7, 11) is -6.35. The Labute approximate surface area is 416 Å². The first-order chi connectivity index (χ1) is 32.9. The topological polar surface area (TPSA) is 252 Å². The molecule has 6 aromatic rings. The quantitative estimate of drug-likeness (QED) is 0.0445. The second-order valence-electron chi connectivity index (χ2n) is 18.0. The van der Waals surface area contributed by atoms with Gasteiger partial charge in [-0.1, -0.05) is 56.8 Å². The summed E-state index contributed by atoms with van der Waals surface area (Å²) in [6.45, 7) is 11.4. The smallest absolute Gasteiger partial charge is 0.341 e. The van der Waals surface area contributed by atoms with Crippen LogP contribution in [0.2, 0.25) is 0 Å². The number of aromatic nitrogens is 2. The summed E-state index contributed by atoms with van der Waals surface area (Å²) in [4.78, 5) is 24.0. The number of carbonyl (C=O) groups is 1. The van der Waals surface area contributed by atoms with Crippen LogP contribution < -0.4 is 14.5 Å². The summed E-state index contributed by atoms with van der Waals surface area (Å²) in [5.74, 6) is 0.462. The largest absolute Gasteiger partial charge is 0.495 e. The van der Waals surface area contributed by atoms with Crippen LogP contribution in [0, 0.1) is 0 Å². The van der Waals surface area contributed by atoms with E-state index in [-0.39, 0.29) is 55.1 Å². The Morgan fingerprint density at radius 2 is 1.44 bits per heavy atom. The predicted octanol–water partition coefficient (Wildman–Crippen LogP) is 11.5. The summed E-state index contributed by atoms with van der Waals surface area (Å²) in [5, 5.41) is 16.3. The first-order valence-corrected chi connectivity index (χ1v) is 25.9. The van der Waals surface area contributed by atoms with Crippen molar-refractivity contribution in [1.82, 2.24) is 9.97 Å². The molecule has 0 atom stereocenters. The molecule has 0 saturated heterocycles. The van der Waals surface area contributed by atoms with Gasteiger partial charge < -0.3 is 28.1 Å². The van der Waals surface area contributed by atoms with Gasteiger partial charge in [0.05, 0.1) is 25.5 Å². The van der Waals surface area contributed by atoms with Crippen molar-refractivity contribution in [2.45, 2.75) is 107 Å². The van der Waals surface area contributed by atoms with Crippen molar-refractivity contribution in [2.75, 3.05) is 50.2 Å². The van der Waals surface area contributed by atoms with Gasteiger partial charge in [0.2, 0.25) is 0 Å². The Balaban J connectivity index is 0.000000203. The molecule has 9 rings (SSSR count). The van der Waals surface area contributed by atoms with Crippen LogP contribution in [0.1, 0.15) is 112 Å². The van der Waals surface area contributed by atoms with Crippen molar-refractivity contribution in [2.24, 2.45) is 20.5 Å². The average Bonchev–Trinajstić information content (AvgIpc) is 4.10. The Bertz CT molecular complexity index is 3200. The van der Waals surface area contributed by atoms with Crippen LogP contribution in [-0.4, -0.2) is 82.3 Å². The van der Waals surface area contributed by atoms with Crippen LogP contribution in [0.5, 0.6) is 5.75 Å². The van der Waals surface area contributed by atoms with Crippen LogP contribution in [0.4, 0.5) is 34.8 Å². The van der Waals surface area contributed by atoms with Crippen molar-refractivity contribution in [3.63, 3.8) is 0 Å². The fourth-order valence-electron chi connectivity index (χ4n) is 9.50. The van der Waals surface area contributed by atoms with Gasteiger partial charge in [-0.2, -0.15) is 26.8 Å². The van der Waals surface area contributed by atoms with Gasteiger partial charge in [0.15, 0.2) is 11.2 Å². The molecule has 22 heteroatoms. The zero-order chi connectivity index (χ0) is 49.3. The van der Waals surface area contributed by atoms with Gasteiger partial charge in [0.25, 0.3) is 20.2 Å². The first kappa shape index (κ1) is 52.0. The zero-order valence-corrected chi connectivity index (χ0v) is 42.4. The van der Waals surface area contributed by atoms with Gasteiger partial charge in [-0.15, -0.1) is 10.2 Å². The third-order valence-corrected chi connectivity index (χ3v) is 14.7. The third kappa shape index (κ3) is 11.1. The minimum absolute atomic E-state index is 0. The Kier molecular flexibility index (Phi) is 15.8. The number of nitrogens with zero attached hydrogens (tertiary/aromatic N) is 8. The van der Waals surface area contributed by atoms with Gasteiger partial charge in [0.1, 0.15) is 37.9 Å². The number of esters is 1. The number of hydrogen-bond donors (Lipinski definition) is 2. The summed E-state index contributed by atoms with van der Waals surface area (Å²) < 4.78 is 91.0. The number of methoxy groups -OCH3 is 2. The normalized spacial score (nSPS) is 15.8. The number of benzene rings is 4. The second-order valence-corrected chi connectivity index (χ2v) is 20.8. The Hall–Kier alpha value is -5.80. The van der Waals surface area contributed by atoms with E-state index in [1.54, 1.807) is 18.2 Å². The van der Waals surface area contributed by atoms with Crippen molar-refractivity contribution in [1.29, 1.82) is 0 Å². The summed E-state index contributed by atoms with van der Waals surface area (Å²) in [6, 6.07) is 15.0. The molecule has 1 aliphatic carbocycles. The van der Waals surface area contributed by atoms with Crippen molar-refractivity contribution in [3.05, 3.63) is 76.9 Å². The van der Waals surface area contributed by atoms with Gasteiger partial charge in [-0.25, -0.2) is 4.79 Å². The van der Waals surface area contributed by atoms with E-state index in [4.69, 9.17) is 18.3 Å². The molecular formula is C48H56N8NiO11S2.